The van der Waals surface area contributed by atoms with Gasteiger partial charge in [0.2, 0.25) is 11.8 Å². The summed E-state index contributed by atoms with van der Waals surface area (Å²) < 4.78 is 5.78. The molecule has 1 aromatic heterocycles. The first kappa shape index (κ1) is 12.6. The van der Waals surface area contributed by atoms with E-state index < -0.39 is 0 Å². The molecule has 0 aliphatic carbocycles. The van der Waals surface area contributed by atoms with E-state index in [9.17, 15) is 0 Å². The molecule has 2 aromatic rings. The number of para-hydroxylation sites is 1. The van der Waals surface area contributed by atoms with Crippen molar-refractivity contribution in [3.05, 3.63) is 40.5 Å². The van der Waals surface area contributed by atoms with E-state index in [0.717, 1.165) is 16.9 Å². The first-order valence-corrected chi connectivity index (χ1v) is 6.05. The Balaban J connectivity index is 2.43. The van der Waals surface area contributed by atoms with Crippen LogP contribution in [0.25, 0.3) is 0 Å². The van der Waals surface area contributed by atoms with E-state index in [-0.39, 0.29) is 5.95 Å². The van der Waals surface area contributed by atoms with Crippen molar-refractivity contribution in [2.24, 2.45) is 0 Å². The Morgan fingerprint density at radius 1 is 1.28 bits per heavy atom. The smallest absolute Gasteiger partial charge is 0.228 e. The number of anilines is 1. The zero-order chi connectivity index (χ0) is 13.1. The third-order valence-corrected chi connectivity index (χ3v) is 2.90. The van der Waals surface area contributed by atoms with Crippen LogP contribution in [0.15, 0.2) is 24.3 Å². The molecule has 0 saturated heterocycles. The molecule has 2 N–H and O–H groups in total. The number of aryl methyl sites for hydroxylation is 1. The highest BCUT2D eigenvalue weighted by Gasteiger charge is 2.13. The molecule has 1 aromatic carbocycles. The Bertz CT molecular complexity index is 572. The fraction of sp³-hybridized carbons (Fsp3) is 0.231. The van der Waals surface area contributed by atoms with Crippen LogP contribution in [0, 0.1) is 6.92 Å². The van der Waals surface area contributed by atoms with Crippen LogP contribution >= 0.6 is 11.6 Å². The molecular weight excluding hydrogens is 250 g/mol. The predicted molar refractivity (Wildman–Crippen MR) is 72.1 cm³/mol. The van der Waals surface area contributed by atoms with E-state index in [1.54, 1.807) is 0 Å². The van der Waals surface area contributed by atoms with E-state index in [1.165, 1.54) is 0 Å². The van der Waals surface area contributed by atoms with Gasteiger partial charge in [0, 0.05) is 0 Å². The lowest BCUT2D eigenvalue weighted by molar-refractivity contribution is 0.453. The molecule has 2 rings (SSSR count). The Kier molecular flexibility index (Phi) is 3.67. The molecule has 94 valence electrons. The van der Waals surface area contributed by atoms with Gasteiger partial charge >= 0.3 is 0 Å². The Morgan fingerprint density at radius 2 is 2.00 bits per heavy atom. The fourth-order valence-electron chi connectivity index (χ4n) is 1.61. The van der Waals surface area contributed by atoms with Crippen molar-refractivity contribution in [3.63, 3.8) is 0 Å². The van der Waals surface area contributed by atoms with Crippen LogP contribution in [-0.2, 0) is 6.42 Å². The molecule has 1 heterocycles. The number of nitrogen functional groups attached to an aromatic ring is 1. The fourth-order valence-corrected chi connectivity index (χ4v) is 1.91. The van der Waals surface area contributed by atoms with Crippen molar-refractivity contribution in [2.45, 2.75) is 20.3 Å². The molecule has 4 nitrogen and oxygen atoms in total. The van der Waals surface area contributed by atoms with Crippen LogP contribution in [-0.4, -0.2) is 9.97 Å². The van der Waals surface area contributed by atoms with Crippen molar-refractivity contribution in [1.29, 1.82) is 0 Å². The van der Waals surface area contributed by atoms with Gasteiger partial charge in [0.1, 0.15) is 10.9 Å². The minimum Gasteiger partial charge on any atom is -0.438 e. The standard InChI is InChI=1S/C13H14ClN3O/c1-3-9-11(14)16-13(15)17-12(9)18-10-7-5-4-6-8(10)2/h4-7H,3H2,1-2H3,(H2,15,16,17). The van der Waals surface area contributed by atoms with E-state index in [2.05, 4.69) is 9.97 Å². The predicted octanol–water partition coefficient (Wildman–Crippen LogP) is 3.38. The highest BCUT2D eigenvalue weighted by Crippen LogP contribution is 2.30. The summed E-state index contributed by atoms with van der Waals surface area (Å²) in [6, 6.07) is 7.69. The van der Waals surface area contributed by atoms with Crippen LogP contribution in [0.1, 0.15) is 18.1 Å². The van der Waals surface area contributed by atoms with Gasteiger partial charge in [-0.25, -0.2) is 4.98 Å². The number of nitrogens with zero attached hydrogens (tertiary/aromatic N) is 2. The summed E-state index contributed by atoms with van der Waals surface area (Å²) in [5.74, 6) is 1.27. The topological polar surface area (TPSA) is 61.0 Å². The summed E-state index contributed by atoms with van der Waals surface area (Å²) in [5, 5.41) is 0.341. The minimum absolute atomic E-state index is 0.112. The monoisotopic (exact) mass is 263 g/mol. The summed E-state index contributed by atoms with van der Waals surface area (Å²) in [4.78, 5) is 8.02. The van der Waals surface area contributed by atoms with Gasteiger partial charge in [-0.15, -0.1) is 0 Å². The summed E-state index contributed by atoms with van der Waals surface area (Å²) in [5.41, 5.74) is 7.37. The SMILES string of the molecule is CCc1c(Cl)nc(N)nc1Oc1ccccc1C. The third kappa shape index (κ3) is 2.54. The van der Waals surface area contributed by atoms with Crippen LogP contribution in [0.3, 0.4) is 0 Å². The molecule has 0 fully saturated rings. The molecule has 5 heteroatoms. The number of hydrogen-bond donors (Lipinski definition) is 1. The summed E-state index contributed by atoms with van der Waals surface area (Å²) in [6.45, 7) is 3.93. The highest BCUT2D eigenvalue weighted by atomic mass is 35.5. The molecule has 0 atom stereocenters. The van der Waals surface area contributed by atoms with Gasteiger partial charge in [-0.3, -0.25) is 0 Å². The number of nitrogens with two attached hydrogens (primary N) is 1. The maximum atomic E-state index is 6.03. The van der Waals surface area contributed by atoms with Gasteiger partial charge in [0.15, 0.2) is 0 Å². The van der Waals surface area contributed by atoms with E-state index in [1.807, 2.05) is 38.1 Å². The normalized spacial score (nSPS) is 10.4. The number of ether oxygens (including phenoxy) is 1. The van der Waals surface area contributed by atoms with Crippen molar-refractivity contribution in [2.75, 3.05) is 5.73 Å². The number of halogens is 1. The first-order chi connectivity index (χ1) is 8.61. The quantitative estimate of drug-likeness (QED) is 0.863. The second-order valence-corrected chi connectivity index (χ2v) is 4.24. The average molecular weight is 264 g/mol. The zero-order valence-corrected chi connectivity index (χ0v) is 11.0. The van der Waals surface area contributed by atoms with Crippen molar-refractivity contribution < 1.29 is 4.74 Å². The number of rotatable bonds is 3. The van der Waals surface area contributed by atoms with Gasteiger partial charge in [-0.2, -0.15) is 4.98 Å². The van der Waals surface area contributed by atoms with Gasteiger partial charge in [0.05, 0.1) is 5.56 Å². The first-order valence-electron chi connectivity index (χ1n) is 5.67. The second-order valence-electron chi connectivity index (χ2n) is 3.88. The average Bonchev–Trinajstić information content (AvgIpc) is 2.31. The molecule has 18 heavy (non-hydrogen) atoms. The maximum absolute atomic E-state index is 6.03. The molecule has 0 aliphatic heterocycles. The van der Waals surface area contributed by atoms with E-state index in [0.29, 0.717) is 17.5 Å². The maximum Gasteiger partial charge on any atom is 0.228 e. The van der Waals surface area contributed by atoms with E-state index >= 15 is 0 Å². The molecule has 0 amide bonds. The second kappa shape index (κ2) is 5.23. The Labute approximate surface area is 111 Å². The number of hydrogen-bond acceptors (Lipinski definition) is 4. The van der Waals surface area contributed by atoms with Gasteiger partial charge in [-0.05, 0) is 25.0 Å². The number of benzene rings is 1. The largest absolute Gasteiger partial charge is 0.438 e. The summed E-state index contributed by atoms with van der Waals surface area (Å²) >= 11 is 6.03. The van der Waals surface area contributed by atoms with Crippen molar-refractivity contribution >= 4 is 17.5 Å². The lowest BCUT2D eigenvalue weighted by Gasteiger charge is -2.12. The minimum atomic E-state index is 0.112. The Hall–Kier alpha value is -1.81. The van der Waals surface area contributed by atoms with Gasteiger partial charge < -0.3 is 10.5 Å². The van der Waals surface area contributed by atoms with Crippen molar-refractivity contribution in [1.82, 2.24) is 9.97 Å². The molecule has 0 saturated carbocycles. The van der Waals surface area contributed by atoms with E-state index in [4.69, 9.17) is 22.1 Å². The van der Waals surface area contributed by atoms with Crippen LogP contribution in [0.2, 0.25) is 5.15 Å². The highest BCUT2D eigenvalue weighted by molar-refractivity contribution is 6.30. The molecule has 0 aliphatic rings. The summed E-state index contributed by atoms with van der Waals surface area (Å²) in [6.07, 6.45) is 0.681. The summed E-state index contributed by atoms with van der Waals surface area (Å²) in [7, 11) is 0. The molecule has 0 spiro atoms. The van der Waals surface area contributed by atoms with Crippen LogP contribution < -0.4 is 10.5 Å². The lowest BCUT2D eigenvalue weighted by Crippen LogP contribution is -2.02. The lowest BCUT2D eigenvalue weighted by atomic mass is 10.2. The van der Waals surface area contributed by atoms with Gasteiger partial charge in [0.25, 0.3) is 0 Å². The zero-order valence-electron chi connectivity index (χ0n) is 10.3. The number of aromatic nitrogens is 2. The Morgan fingerprint density at radius 3 is 2.67 bits per heavy atom. The van der Waals surface area contributed by atoms with Crippen molar-refractivity contribution in [3.8, 4) is 11.6 Å². The molecule has 0 unspecified atom stereocenters. The van der Waals surface area contributed by atoms with Crippen LogP contribution in [0.5, 0.6) is 11.6 Å². The van der Waals surface area contributed by atoms with Crippen LogP contribution in [0.4, 0.5) is 5.95 Å². The van der Waals surface area contributed by atoms with Gasteiger partial charge in [-0.1, -0.05) is 36.7 Å². The third-order valence-electron chi connectivity index (χ3n) is 2.59. The molecule has 0 bridgehead atoms. The molecule has 0 radical (unpaired) electrons. The molecular formula is C13H14ClN3O.